The highest BCUT2D eigenvalue weighted by molar-refractivity contribution is 14.0. The highest BCUT2D eigenvalue weighted by Gasteiger charge is 2.25. The molecular weight excluding hydrogens is 513 g/mol. The van der Waals surface area contributed by atoms with Gasteiger partial charge in [-0.1, -0.05) is 6.07 Å². The number of nitrogens with zero attached hydrogens (tertiary/aromatic N) is 3. The van der Waals surface area contributed by atoms with E-state index >= 15 is 0 Å². The minimum absolute atomic E-state index is 0. The van der Waals surface area contributed by atoms with Crippen LogP contribution >= 0.6 is 35.3 Å². The third-order valence-electron chi connectivity index (χ3n) is 4.94. The fraction of sp³-hybridized carbons (Fsp3) is 0.429. The number of hydrogen-bond donors (Lipinski definition) is 2. The normalized spacial score (nSPS) is 15.7. The number of guanidine groups is 1. The molecule has 1 aliphatic rings. The van der Waals surface area contributed by atoms with Crippen molar-refractivity contribution in [2.45, 2.75) is 32.4 Å². The Morgan fingerprint density at radius 1 is 1.23 bits per heavy atom. The zero-order chi connectivity index (χ0) is 19.9. The van der Waals surface area contributed by atoms with Gasteiger partial charge in [0.15, 0.2) is 5.96 Å². The first kappa shape index (κ1) is 22.8. The van der Waals surface area contributed by atoms with Gasteiger partial charge in [0, 0.05) is 13.1 Å². The van der Waals surface area contributed by atoms with Crippen LogP contribution in [0.2, 0.25) is 0 Å². The van der Waals surface area contributed by atoms with E-state index in [1.54, 1.807) is 23.9 Å². The van der Waals surface area contributed by atoms with Gasteiger partial charge in [0.1, 0.15) is 17.7 Å². The largest absolute Gasteiger partial charge is 0.468 e. The Morgan fingerprint density at radius 2 is 2.10 bits per heavy atom. The van der Waals surface area contributed by atoms with Crippen molar-refractivity contribution in [3.05, 3.63) is 53.6 Å². The lowest BCUT2D eigenvalue weighted by Crippen LogP contribution is -2.42. The Labute approximate surface area is 198 Å². The lowest BCUT2D eigenvalue weighted by molar-refractivity contribution is 0.215. The molecule has 0 spiro atoms. The number of aromatic nitrogens is 1. The van der Waals surface area contributed by atoms with E-state index < -0.39 is 0 Å². The predicted molar refractivity (Wildman–Crippen MR) is 130 cm³/mol. The molecule has 7 nitrogen and oxygen atoms in total. The summed E-state index contributed by atoms with van der Waals surface area (Å²) in [7, 11) is 0. The zero-order valence-electron chi connectivity index (χ0n) is 17.0. The Bertz CT molecular complexity index is 889. The van der Waals surface area contributed by atoms with E-state index in [2.05, 4.69) is 38.5 Å². The van der Waals surface area contributed by atoms with Crippen molar-refractivity contribution >= 4 is 41.3 Å². The van der Waals surface area contributed by atoms with Gasteiger partial charge in [0.05, 0.1) is 23.7 Å². The van der Waals surface area contributed by atoms with Crippen molar-refractivity contribution in [2.24, 2.45) is 4.99 Å². The number of aliphatic imine (C=N–C) groups is 1. The summed E-state index contributed by atoms with van der Waals surface area (Å²) in [4.78, 5) is 12.7. The Morgan fingerprint density at radius 3 is 2.80 bits per heavy atom. The Hall–Kier alpha value is -1.85. The highest BCUT2D eigenvalue weighted by atomic mass is 127. The van der Waals surface area contributed by atoms with Crippen LogP contribution in [-0.4, -0.2) is 42.0 Å². The van der Waals surface area contributed by atoms with Gasteiger partial charge in [-0.2, -0.15) is 0 Å². The number of oxazole rings is 1. The monoisotopic (exact) mass is 541 g/mol. The molecule has 4 rings (SSSR count). The first-order chi connectivity index (χ1) is 14.3. The van der Waals surface area contributed by atoms with Gasteiger partial charge in [-0.25, -0.2) is 9.98 Å². The van der Waals surface area contributed by atoms with Crippen molar-refractivity contribution in [1.82, 2.24) is 20.5 Å². The topological polar surface area (TPSA) is 78.8 Å². The fourth-order valence-electron chi connectivity index (χ4n) is 3.53. The molecule has 1 unspecified atom stereocenters. The minimum Gasteiger partial charge on any atom is -0.468 e. The molecule has 0 bridgehead atoms. The van der Waals surface area contributed by atoms with Crippen LogP contribution in [0.4, 0.5) is 0 Å². The molecular formula is C21H28IN5O2S. The molecule has 1 atom stereocenters. The van der Waals surface area contributed by atoms with Gasteiger partial charge < -0.3 is 19.5 Å². The molecule has 9 heteroatoms. The van der Waals surface area contributed by atoms with Gasteiger partial charge >= 0.3 is 0 Å². The van der Waals surface area contributed by atoms with Crippen LogP contribution < -0.4 is 10.6 Å². The van der Waals surface area contributed by atoms with Crippen LogP contribution in [0.1, 0.15) is 37.3 Å². The summed E-state index contributed by atoms with van der Waals surface area (Å²) in [6.45, 7) is 6.25. The summed E-state index contributed by atoms with van der Waals surface area (Å²) in [5.41, 5.74) is 0.813. The van der Waals surface area contributed by atoms with Crippen molar-refractivity contribution in [3.8, 4) is 10.8 Å². The average molecular weight is 541 g/mol. The first-order valence-electron chi connectivity index (χ1n) is 10.1. The molecule has 0 aliphatic carbocycles. The van der Waals surface area contributed by atoms with Crippen molar-refractivity contribution in [3.63, 3.8) is 0 Å². The molecule has 1 fully saturated rings. The minimum atomic E-state index is 0. The van der Waals surface area contributed by atoms with Gasteiger partial charge in [0.2, 0.25) is 5.89 Å². The molecule has 1 aliphatic heterocycles. The summed E-state index contributed by atoms with van der Waals surface area (Å²) in [5, 5.41) is 8.80. The maximum absolute atomic E-state index is 5.70. The Balaban J connectivity index is 0.00000256. The number of hydrogen-bond acceptors (Lipinski definition) is 6. The maximum Gasteiger partial charge on any atom is 0.236 e. The van der Waals surface area contributed by atoms with Crippen LogP contribution in [0.15, 0.2) is 56.0 Å². The van der Waals surface area contributed by atoms with Crippen LogP contribution in [-0.2, 0) is 6.54 Å². The number of halogens is 1. The van der Waals surface area contributed by atoms with Crippen LogP contribution in [0.5, 0.6) is 0 Å². The van der Waals surface area contributed by atoms with E-state index in [0.717, 1.165) is 48.5 Å². The van der Waals surface area contributed by atoms with Crippen molar-refractivity contribution in [2.75, 3.05) is 26.2 Å². The highest BCUT2D eigenvalue weighted by Crippen LogP contribution is 2.25. The summed E-state index contributed by atoms with van der Waals surface area (Å²) >= 11 is 1.61. The average Bonchev–Trinajstić information content (AvgIpc) is 3.54. The van der Waals surface area contributed by atoms with E-state index in [0.29, 0.717) is 12.4 Å². The molecule has 0 saturated carbocycles. The second-order valence-electron chi connectivity index (χ2n) is 6.97. The standard InChI is InChI=1S/C21H27N5O2S.HI/c1-2-22-21(23-13-16-15-28-20(25-16)19-8-6-12-29-19)24-14-17(18-7-5-11-27-18)26-9-3-4-10-26;/h5-8,11-12,15,17H,2-4,9-10,13-14H2,1H3,(H2,22,23,24);1H. The lowest BCUT2D eigenvalue weighted by atomic mass is 10.2. The van der Waals surface area contributed by atoms with Gasteiger partial charge in [0.25, 0.3) is 0 Å². The summed E-state index contributed by atoms with van der Waals surface area (Å²) < 4.78 is 11.3. The third-order valence-corrected chi connectivity index (χ3v) is 5.80. The maximum atomic E-state index is 5.70. The number of furan rings is 1. The van der Waals surface area contributed by atoms with Gasteiger partial charge in [-0.05, 0) is 56.4 Å². The number of rotatable bonds is 8. The molecule has 2 N–H and O–H groups in total. The van der Waals surface area contributed by atoms with Crippen LogP contribution in [0.25, 0.3) is 10.8 Å². The lowest BCUT2D eigenvalue weighted by Gasteiger charge is -2.26. The van der Waals surface area contributed by atoms with Crippen LogP contribution in [0, 0.1) is 0 Å². The number of nitrogens with one attached hydrogen (secondary N) is 2. The summed E-state index contributed by atoms with van der Waals surface area (Å²) in [5.74, 6) is 2.41. The first-order valence-corrected chi connectivity index (χ1v) is 11.0. The van der Waals surface area contributed by atoms with Gasteiger partial charge in [-0.15, -0.1) is 35.3 Å². The third kappa shape index (κ3) is 5.86. The van der Waals surface area contributed by atoms with Crippen LogP contribution in [0.3, 0.4) is 0 Å². The number of thiophene rings is 1. The quantitative estimate of drug-likeness (QED) is 0.248. The molecule has 3 aromatic heterocycles. The summed E-state index contributed by atoms with van der Waals surface area (Å²) in [6, 6.07) is 8.20. The van der Waals surface area contributed by atoms with E-state index in [-0.39, 0.29) is 30.0 Å². The molecule has 0 aromatic carbocycles. The fourth-order valence-corrected chi connectivity index (χ4v) is 4.19. The molecule has 1 saturated heterocycles. The molecule has 0 amide bonds. The predicted octanol–water partition coefficient (Wildman–Crippen LogP) is 4.51. The van der Waals surface area contributed by atoms with E-state index in [9.17, 15) is 0 Å². The van der Waals surface area contributed by atoms with E-state index in [1.807, 2.05) is 23.6 Å². The number of likely N-dealkylation sites (tertiary alicyclic amines) is 1. The summed E-state index contributed by atoms with van der Waals surface area (Å²) in [6.07, 6.45) is 5.90. The Kier molecular flexibility index (Phi) is 8.76. The molecule has 3 aromatic rings. The smallest absolute Gasteiger partial charge is 0.236 e. The van der Waals surface area contributed by atoms with E-state index in [1.165, 1.54) is 12.8 Å². The molecule has 0 radical (unpaired) electrons. The van der Waals surface area contributed by atoms with Crippen molar-refractivity contribution in [1.29, 1.82) is 0 Å². The second kappa shape index (κ2) is 11.5. The zero-order valence-corrected chi connectivity index (χ0v) is 20.2. The van der Waals surface area contributed by atoms with Gasteiger partial charge in [-0.3, -0.25) is 4.90 Å². The van der Waals surface area contributed by atoms with E-state index in [4.69, 9.17) is 8.83 Å². The SMILES string of the molecule is CCNC(=NCc1coc(-c2cccs2)n1)NCC(c1ccco1)N1CCCC1.I. The van der Waals surface area contributed by atoms with Crippen molar-refractivity contribution < 1.29 is 8.83 Å². The molecule has 4 heterocycles. The second-order valence-corrected chi connectivity index (χ2v) is 7.92. The molecule has 30 heavy (non-hydrogen) atoms. The molecule has 162 valence electrons.